The Bertz CT molecular complexity index is 542. The number of nitrogens with two attached hydrogens (primary N) is 1. The summed E-state index contributed by atoms with van der Waals surface area (Å²) in [5.74, 6) is -1.24. The third kappa shape index (κ3) is 2.68. The Kier molecular flexibility index (Phi) is 3.93. The van der Waals surface area contributed by atoms with Gasteiger partial charge in [-0.15, -0.1) is 11.3 Å². The normalized spacial score (nSPS) is 12.4. The summed E-state index contributed by atoms with van der Waals surface area (Å²) in [6.07, 6.45) is -0.457. The topological polar surface area (TPSA) is 35.2 Å². The Labute approximate surface area is 108 Å². The summed E-state index contributed by atoms with van der Waals surface area (Å²) in [4.78, 5) is 0.932. The van der Waals surface area contributed by atoms with Gasteiger partial charge in [0.2, 0.25) is 0 Å². The molecule has 1 unspecified atom stereocenters. The van der Waals surface area contributed by atoms with Crippen molar-refractivity contribution in [1.82, 2.24) is 0 Å². The van der Waals surface area contributed by atoms with Crippen molar-refractivity contribution in [3.05, 3.63) is 51.7 Å². The molecule has 2 rings (SSSR count). The summed E-state index contributed by atoms with van der Waals surface area (Å²) >= 11 is 1.49. The fourth-order valence-electron chi connectivity index (χ4n) is 1.64. The molecule has 0 bridgehead atoms. The molecule has 1 heterocycles. The Morgan fingerprint density at radius 3 is 2.72 bits per heavy atom. The molecule has 0 aliphatic carbocycles. The second-order valence-corrected chi connectivity index (χ2v) is 4.83. The van der Waals surface area contributed by atoms with Crippen LogP contribution in [0.25, 0.3) is 0 Å². The lowest BCUT2D eigenvalue weighted by Crippen LogP contribution is -2.18. The van der Waals surface area contributed by atoms with E-state index in [0.29, 0.717) is 0 Å². The SMILES string of the molecule is Cc1ccsc1C(CN)Oc1cc(F)ccc1F. The molecular formula is C13H13F2NOS. The van der Waals surface area contributed by atoms with Gasteiger partial charge in [-0.1, -0.05) is 0 Å². The Morgan fingerprint density at radius 1 is 1.33 bits per heavy atom. The number of rotatable bonds is 4. The maximum Gasteiger partial charge on any atom is 0.165 e. The Hall–Kier alpha value is -1.46. The standard InChI is InChI=1S/C13H13F2NOS/c1-8-4-5-18-13(8)12(7-16)17-11-6-9(14)2-3-10(11)15/h2-6,12H,7,16H2,1H3. The monoisotopic (exact) mass is 269 g/mol. The van der Waals surface area contributed by atoms with Gasteiger partial charge in [-0.3, -0.25) is 0 Å². The fourth-order valence-corrected chi connectivity index (χ4v) is 2.61. The van der Waals surface area contributed by atoms with Crippen LogP contribution in [0.1, 0.15) is 16.5 Å². The zero-order chi connectivity index (χ0) is 13.1. The molecule has 0 aliphatic rings. The van der Waals surface area contributed by atoms with E-state index in [2.05, 4.69) is 0 Å². The molecule has 0 radical (unpaired) electrons. The van der Waals surface area contributed by atoms with Crippen molar-refractivity contribution in [2.75, 3.05) is 6.54 Å². The fraction of sp³-hybridized carbons (Fsp3) is 0.231. The van der Waals surface area contributed by atoms with Gasteiger partial charge in [0.05, 0.1) is 0 Å². The van der Waals surface area contributed by atoms with Crippen LogP contribution < -0.4 is 10.5 Å². The summed E-state index contributed by atoms with van der Waals surface area (Å²) in [6, 6.07) is 5.06. The number of thiophene rings is 1. The van der Waals surface area contributed by atoms with E-state index in [0.717, 1.165) is 28.6 Å². The molecule has 2 nitrogen and oxygen atoms in total. The lowest BCUT2D eigenvalue weighted by Gasteiger charge is -2.17. The number of aryl methyl sites for hydroxylation is 1. The summed E-state index contributed by atoms with van der Waals surface area (Å²) in [6.45, 7) is 2.14. The van der Waals surface area contributed by atoms with Gasteiger partial charge in [0.15, 0.2) is 11.6 Å². The predicted octanol–water partition coefficient (Wildman–Crippen LogP) is 3.41. The molecule has 1 aromatic carbocycles. The molecule has 96 valence electrons. The quantitative estimate of drug-likeness (QED) is 0.923. The van der Waals surface area contributed by atoms with E-state index in [1.54, 1.807) is 0 Å². The van der Waals surface area contributed by atoms with E-state index in [1.165, 1.54) is 11.3 Å². The highest BCUT2D eigenvalue weighted by Crippen LogP contribution is 2.29. The van der Waals surface area contributed by atoms with Crippen LogP contribution in [0.2, 0.25) is 0 Å². The van der Waals surface area contributed by atoms with Crippen LogP contribution >= 0.6 is 11.3 Å². The van der Waals surface area contributed by atoms with Gasteiger partial charge in [-0.25, -0.2) is 8.78 Å². The zero-order valence-electron chi connectivity index (χ0n) is 9.82. The van der Waals surface area contributed by atoms with E-state index in [1.807, 2.05) is 18.4 Å². The minimum atomic E-state index is -0.593. The van der Waals surface area contributed by atoms with Crippen molar-refractivity contribution in [3.63, 3.8) is 0 Å². The Balaban J connectivity index is 2.26. The molecular weight excluding hydrogens is 256 g/mol. The summed E-state index contributed by atoms with van der Waals surface area (Å²) in [5, 5.41) is 1.92. The molecule has 18 heavy (non-hydrogen) atoms. The van der Waals surface area contributed by atoms with Crippen molar-refractivity contribution in [2.24, 2.45) is 5.73 Å². The lowest BCUT2D eigenvalue weighted by atomic mass is 10.2. The van der Waals surface area contributed by atoms with Crippen LogP contribution in [0.3, 0.4) is 0 Å². The van der Waals surface area contributed by atoms with E-state index in [4.69, 9.17) is 10.5 Å². The van der Waals surface area contributed by atoms with Crippen molar-refractivity contribution in [1.29, 1.82) is 0 Å². The van der Waals surface area contributed by atoms with Crippen molar-refractivity contribution >= 4 is 11.3 Å². The molecule has 1 aromatic heterocycles. The minimum Gasteiger partial charge on any atom is -0.480 e. The van der Waals surface area contributed by atoms with Gasteiger partial charge in [-0.2, -0.15) is 0 Å². The van der Waals surface area contributed by atoms with Crippen molar-refractivity contribution in [2.45, 2.75) is 13.0 Å². The molecule has 0 spiro atoms. The molecule has 5 heteroatoms. The largest absolute Gasteiger partial charge is 0.480 e. The molecule has 0 aliphatic heterocycles. The highest BCUT2D eigenvalue weighted by Gasteiger charge is 2.17. The number of halogens is 2. The lowest BCUT2D eigenvalue weighted by molar-refractivity contribution is 0.206. The van der Waals surface area contributed by atoms with E-state index in [9.17, 15) is 8.78 Å². The number of hydrogen-bond acceptors (Lipinski definition) is 3. The first-order valence-corrected chi connectivity index (χ1v) is 6.35. The number of ether oxygens (including phenoxy) is 1. The molecule has 0 amide bonds. The molecule has 2 N–H and O–H groups in total. The smallest absolute Gasteiger partial charge is 0.165 e. The Morgan fingerprint density at radius 2 is 2.11 bits per heavy atom. The first kappa shape index (κ1) is 13.0. The van der Waals surface area contributed by atoms with Crippen LogP contribution in [0.4, 0.5) is 8.78 Å². The van der Waals surface area contributed by atoms with Gasteiger partial charge >= 0.3 is 0 Å². The second-order valence-electron chi connectivity index (χ2n) is 3.88. The van der Waals surface area contributed by atoms with Crippen molar-refractivity contribution in [3.8, 4) is 5.75 Å². The molecule has 2 aromatic rings. The van der Waals surface area contributed by atoms with Crippen molar-refractivity contribution < 1.29 is 13.5 Å². The summed E-state index contributed by atoms with van der Waals surface area (Å²) in [7, 11) is 0. The second kappa shape index (κ2) is 5.46. The van der Waals surface area contributed by atoms with Crippen LogP contribution in [0.5, 0.6) is 5.75 Å². The highest BCUT2D eigenvalue weighted by molar-refractivity contribution is 7.10. The first-order chi connectivity index (χ1) is 8.61. The minimum absolute atomic E-state index is 0.113. The van der Waals surface area contributed by atoms with Crippen LogP contribution in [0.15, 0.2) is 29.6 Å². The molecule has 1 atom stereocenters. The molecule has 0 saturated carbocycles. The average molecular weight is 269 g/mol. The summed E-state index contributed by atoms with van der Waals surface area (Å²) in [5.41, 5.74) is 6.67. The maximum absolute atomic E-state index is 13.5. The number of hydrogen-bond donors (Lipinski definition) is 1. The zero-order valence-corrected chi connectivity index (χ0v) is 10.6. The third-order valence-electron chi connectivity index (χ3n) is 2.57. The highest BCUT2D eigenvalue weighted by atomic mass is 32.1. The molecule has 0 fully saturated rings. The van der Waals surface area contributed by atoms with Crippen LogP contribution in [-0.4, -0.2) is 6.54 Å². The van der Waals surface area contributed by atoms with Gasteiger partial charge in [0, 0.05) is 17.5 Å². The average Bonchev–Trinajstić information content (AvgIpc) is 2.77. The van der Waals surface area contributed by atoms with E-state index >= 15 is 0 Å². The van der Waals surface area contributed by atoms with Crippen LogP contribution in [-0.2, 0) is 0 Å². The predicted molar refractivity (Wildman–Crippen MR) is 67.8 cm³/mol. The van der Waals surface area contributed by atoms with Gasteiger partial charge in [0.1, 0.15) is 11.9 Å². The summed E-state index contributed by atoms with van der Waals surface area (Å²) < 4.78 is 32.0. The van der Waals surface area contributed by atoms with Gasteiger partial charge < -0.3 is 10.5 Å². The van der Waals surface area contributed by atoms with E-state index in [-0.39, 0.29) is 12.3 Å². The van der Waals surface area contributed by atoms with Gasteiger partial charge in [0.25, 0.3) is 0 Å². The number of benzene rings is 1. The first-order valence-electron chi connectivity index (χ1n) is 5.47. The van der Waals surface area contributed by atoms with E-state index < -0.39 is 17.7 Å². The third-order valence-corrected chi connectivity index (χ3v) is 3.68. The molecule has 0 saturated heterocycles. The van der Waals surface area contributed by atoms with Crippen LogP contribution in [0, 0.1) is 18.6 Å². The van der Waals surface area contributed by atoms with Gasteiger partial charge in [-0.05, 0) is 36.1 Å². The maximum atomic E-state index is 13.5.